The van der Waals surface area contributed by atoms with Crippen LogP contribution in [0.3, 0.4) is 0 Å². The predicted molar refractivity (Wildman–Crippen MR) is 111 cm³/mol. The lowest BCUT2D eigenvalue weighted by Gasteiger charge is -2.35. The second kappa shape index (κ2) is 10.1. The highest BCUT2D eigenvalue weighted by Crippen LogP contribution is 2.15. The van der Waals surface area contributed by atoms with E-state index in [9.17, 15) is 13.2 Å². The van der Waals surface area contributed by atoms with E-state index < -0.39 is 10.0 Å². The van der Waals surface area contributed by atoms with Gasteiger partial charge in [-0.2, -0.15) is 5.10 Å². The SMILES string of the molecule is CCS(=O)(=O)NCCNC(=NC)N1CCN(c2cnn(C)c2)C(=O)C1.I. The monoisotopic (exact) mass is 499 g/mol. The molecule has 26 heavy (non-hydrogen) atoms. The molecule has 1 aromatic rings. The number of hydrogen-bond acceptors (Lipinski definition) is 5. The third-order valence-corrected chi connectivity index (χ3v) is 5.25. The largest absolute Gasteiger partial charge is 0.355 e. The third kappa shape index (κ3) is 6.09. The molecule has 0 bridgehead atoms. The van der Waals surface area contributed by atoms with Crippen LogP contribution in [0.5, 0.6) is 0 Å². The Morgan fingerprint density at radius 2 is 2.08 bits per heavy atom. The molecule has 0 spiro atoms. The summed E-state index contributed by atoms with van der Waals surface area (Å²) in [5, 5.41) is 7.17. The molecule has 2 rings (SSSR count). The molecule has 1 amide bonds. The zero-order chi connectivity index (χ0) is 18.4. The summed E-state index contributed by atoms with van der Waals surface area (Å²) in [6.45, 7) is 3.60. The van der Waals surface area contributed by atoms with Crippen molar-refractivity contribution in [3.63, 3.8) is 0 Å². The Balaban J connectivity index is 0.00000338. The lowest BCUT2D eigenvalue weighted by atomic mass is 10.3. The molecule has 1 aromatic heterocycles. The van der Waals surface area contributed by atoms with Crippen LogP contribution in [0.4, 0.5) is 5.69 Å². The van der Waals surface area contributed by atoms with Crippen LogP contribution in [-0.4, -0.2) is 80.5 Å². The van der Waals surface area contributed by atoms with Gasteiger partial charge in [-0.15, -0.1) is 24.0 Å². The van der Waals surface area contributed by atoms with Gasteiger partial charge in [-0.05, 0) is 6.92 Å². The van der Waals surface area contributed by atoms with Crippen molar-refractivity contribution in [2.45, 2.75) is 6.92 Å². The third-order valence-electron chi connectivity index (χ3n) is 3.85. The summed E-state index contributed by atoms with van der Waals surface area (Å²) in [5.74, 6) is 0.593. The van der Waals surface area contributed by atoms with Crippen molar-refractivity contribution in [2.75, 3.05) is 50.4 Å². The Kier molecular flexibility index (Phi) is 8.76. The molecule has 0 saturated carbocycles. The lowest BCUT2D eigenvalue weighted by molar-refractivity contribution is -0.120. The van der Waals surface area contributed by atoms with Crippen LogP contribution in [0.15, 0.2) is 17.4 Å². The van der Waals surface area contributed by atoms with E-state index >= 15 is 0 Å². The maximum Gasteiger partial charge on any atom is 0.246 e. The van der Waals surface area contributed by atoms with E-state index in [1.54, 1.807) is 35.9 Å². The van der Waals surface area contributed by atoms with Crippen molar-refractivity contribution in [1.82, 2.24) is 24.7 Å². The quantitative estimate of drug-likeness (QED) is 0.230. The van der Waals surface area contributed by atoms with Gasteiger partial charge in [0.1, 0.15) is 6.54 Å². The Bertz CT molecular complexity index is 735. The second-order valence-corrected chi connectivity index (χ2v) is 7.71. The van der Waals surface area contributed by atoms with Crippen molar-refractivity contribution in [3.8, 4) is 0 Å². The minimum atomic E-state index is -3.21. The van der Waals surface area contributed by atoms with Crippen molar-refractivity contribution < 1.29 is 13.2 Å². The highest BCUT2D eigenvalue weighted by Gasteiger charge is 2.27. The van der Waals surface area contributed by atoms with E-state index in [4.69, 9.17) is 0 Å². The first-order chi connectivity index (χ1) is 11.9. The van der Waals surface area contributed by atoms with E-state index in [1.165, 1.54) is 0 Å². The molecule has 0 unspecified atom stereocenters. The Hall–Kier alpha value is -1.41. The van der Waals surface area contributed by atoms with Crippen LogP contribution in [0.2, 0.25) is 0 Å². The lowest BCUT2D eigenvalue weighted by Crippen LogP contribution is -2.55. The van der Waals surface area contributed by atoms with Crippen LogP contribution < -0.4 is 14.9 Å². The first-order valence-corrected chi connectivity index (χ1v) is 9.73. The molecule has 0 aliphatic carbocycles. The second-order valence-electron chi connectivity index (χ2n) is 5.61. The summed E-state index contributed by atoms with van der Waals surface area (Å²) >= 11 is 0. The molecule has 0 atom stereocenters. The number of sulfonamides is 1. The van der Waals surface area contributed by atoms with Crippen LogP contribution >= 0.6 is 24.0 Å². The van der Waals surface area contributed by atoms with Gasteiger partial charge in [-0.1, -0.05) is 0 Å². The molecule has 2 heterocycles. The standard InChI is InChI=1S/C14H25N7O3S.HI/c1-4-25(23,24)18-6-5-16-14(15-2)20-7-8-21(13(22)11-20)12-9-17-19(3)10-12;/h9-10,18H,4-8,11H2,1-3H3,(H,15,16);1H. The summed E-state index contributed by atoms with van der Waals surface area (Å²) in [5.41, 5.74) is 0.782. The van der Waals surface area contributed by atoms with Gasteiger partial charge in [-0.3, -0.25) is 14.5 Å². The molecule has 10 nitrogen and oxygen atoms in total. The minimum absolute atomic E-state index is 0. The average Bonchev–Trinajstić information content (AvgIpc) is 3.01. The molecule has 148 valence electrons. The highest BCUT2D eigenvalue weighted by molar-refractivity contribution is 14.0. The number of piperazine rings is 1. The number of halogens is 1. The first kappa shape index (κ1) is 22.6. The number of carbonyl (C=O) groups is 1. The summed E-state index contributed by atoms with van der Waals surface area (Å²) in [6.07, 6.45) is 3.47. The van der Waals surface area contributed by atoms with Crippen molar-refractivity contribution in [1.29, 1.82) is 0 Å². The minimum Gasteiger partial charge on any atom is -0.355 e. The van der Waals surface area contributed by atoms with Crippen molar-refractivity contribution >= 4 is 51.6 Å². The zero-order valence-electron chi connectivity index (χ0n) is 15.2. The molecule has 0 radical (unpaired) electrons. The van der Waals surface area contributed by atoms with Gasteiger partial charge in [-0.25, -0.2) is 13.1 Å². The van der Waals surface area contributed by atoms with Gasteiger partial charge in [0.2, 0.25) is 15.9 Å². The molecule has 2 N–H and O–H groups in total. The van der Waals surface area contributed by atoms with E-state index in [0.29, 0.717) is 25.6 Å². The average molecular weight is 499 g/mol. The summed E-state index contributed by atoms with van der Waals surface area (Å²) in [6, 6.07) is 0. The zero-order valence-corrected chi connectivity index (χ0v) is 18.3. The van der Waals surface area contributed by atoms with Crippen molar-refractivity contribution in [2.24, 2.45) is 12.0 Å². The number of aliphatic imine (C=N–C) groups is 1. The van der Waals surface area contributed by atoms with Gasteiger partial charge in [0.25, 0.3) is 0 Å². The molecule has 1 fully saturated rings. The summed E-state index contributed by atoms with van der Waals surface area (Å²) < 4.78 is 26.9. The fraction of sp³-hybridized carbons (Fsp3) is 0.643. The normalized spacial score (nSPS) is 15.8. The molecular weight excluding hydrogens is 473 g/mol. The van der Waals surface area contributed by atoms with E-state index in [2.05, 4.69) is 20.1 Å². The van der Waals surface area contributed by atoms with Crippen molar-refractivity contribution in [3.05, 3.63) is 12.4 Å². The first-order valence-electron chi connectivity index (χ1n) is 8.08. The summed E-state index contributed by atoms with van der Waals surface area (Å²) in [7, 11) is 0.238. The molecular formula is C14H26IN7O3S. The van der Waals surface area contributed by atoms with E-state index in [-0.39, 0.29) is 48.7 Å². The predicted octanol–water partition coefficient (Wildman–Crippen LogP) is -0.799. The number of nitrogens with zero attached hydrogens (tertiary/aromatic N) is 5. The van der Waals surface area contributed by atoms with Gasteiger partial charge in [0, 0.05) is 46.5 Å². The number of rotatable bonds is 6. The molecule has 0 aromatic carbocycles. The van der Waals surface area contributed by atoms with Crippen LogP contribution in [0.25, 0.3) is 0 Å². The number of carbonyl (C=O) groups excluding carboxylic acids is 1. The molecule has 1 saturated heterocycles. The number of aromatic nitrogens is 2. The molecule has 1 aliphatic heterocycles. The number of hydrogen-bond donors (Lipinski definition) is 2. The number of nitrogens with one attached hydrogen (secondary N) is 2. The van der Waals surface area contributed by atoms with Gasteiger partial charge >= 0.3 is 0 Å². The fourth-order valence-electron chi connectivity index (χ4n) is 2.49. The maximum absolute atomic E-state index is 12.4. The summed E-state index contributed by atoms with van der Waals surface area (Å²) in [4.78, 5) is 20.1. The molecule has 12 heteroatoms. The number of guanidine groups is 1. The van der Waals surface area contributed by atoms with Crippen LogP contribution in [0.1, 0.15) is 6.92 Å². The maximum atomic E-state index is 12.4. The number of aryl methyl sites for hydroxylation is 1. The molecule has 1 aliphatic rings. The highest BCUT2D eigenvalue weighted by atomic mass is 127. The fourth-order valence-corrected chi connectivity index (χ4v) is 3.11. The van der Waals surface area contributed by atoms with Crippen LogP contribution in [-0.2, 0) is 21.9 Å². The topological polar surface area (TPSA) is 112 Å². The van der Waals surface area contributed by atoms with E-state index in [1.807, 2.05) is 11.9 Å². The van der Waals surface area contributed by atoms with Gasteiger partial charge < -0.3 is 15.1 Å². The van der Waals surface area contributed by atoms with Crippen LogP contribution in [0, 0.1) is 0 Å². The van der Waals surface area contributed by atoms with Gasteiger partial charge in [0.15, 0.2) is 5.96 Å². The smallest absolute Gasteiger partial charge is 0.246 e. The Labute approximate surface area is 171 Å². The Morgan fingerprint density at radius 3 is 2.62 bits per heavy atom. The van der Waals surface area contributed by atoms with E-state index in [0.717, 1.165) is 5.69 Å². The number of amides is 1. The van der Waals surface area contributed by atoms with Gasteiger partial charge in [0.05, 0.1) is 17.6 Å². The Morgan fingerprint density at radius 1 is 1.35 bits per heavy atom. The number of anilines is 1.